The molecule has 174 valence electrons. The van der Waals surface area contributed by atoms with Gasteiger partial charge in [-0.3, -0.25) is 14.3 Å². The number of rotatable bonds is 5. The second kappa shape index (κ2) is 9.38. The Hall–Kier alpha value is -3.52. The molecule has 2 aromatic heterocycles. The maximum atomic E-state index is 13.2. The largest absolute Gasteiger partial charge is 0.349 e. The van der Waals surface area contributed by atoms with E-state index in [1.54, 1.807) is 24.3 Å². The molecule has 0 spiro atoms. The lowest BCUT2D eigenvalue weighted by molar-refractivity contribution is 0.0703. The molecule has 1 N–H and O–H groups in total. The van der Waals surface area contributed by atoms with E-state index in [9.17, 15) is 14.0 Å². The number of benzene rings is 2. The monoisotopic (exact) mass is 476 g/mol. The predicted octanol–water partition coefficient (Wildman–Crippen LogP) is 4.63. The second-order valence-corrected chi connectivity index (χ2v) is 9.64. The second-order valence-electron chi connectivity index (χ2n) is 8.60. The van der Waals surface area contributed by atoms with E-state index in [4.69, 9.17) is 0 Å². The van der Waals surface area contributed by atoms with Gasteiger partial charge in [-0.25, -0.2) is 4.39 Å². The summed E-state index contributed by atoms with van der Waals surface area (Å²) in [4.78, 5) is 29.1. The van der Waals surface area contributed by atoms with Crippen molar-refractivity contribution < 1.29 is 14.0 Å². The lowest BCUT2D eigenvalue weighted by Crippen LogP contribution is -2.46. The minimum absolute atomic E-state index is 0.0155. The number of likely N-dealkylation sites (tertiary alicyclic amines) is 1. The molecule has 0 unspecified atom stereocenters. The first kappa shape index (κ1) is 22.3. The average Bonchev–Trinajstić information content (AvgIpc) is 3.42. The van der Waals surface area contributed by atoms with Gasteiger partial charge in [-0.2, -0.15) is 5.10 Å². The number of piperidine rings is 1. The molecule has 1 saturated heterocycles. The van der Waals surface area contributed by atoms with Crippen molar-refractivity contribution in [3.05, 3.63) is 88.2 Å². The van der Waals surface area contributed by atoms with Crippen LogP contribution in [0.3, 0.4) is 0 Å². The molecular formula is C26H25FN4O2S. The molecule has 1 aliphatic rings. The number of amides is 2. The fourth-order valence-corrected chi connectivity index (χ4v) is 5.46. The average molecular weight is 477 g/mol. The summed E-state index contributed by atoms with van der Waals surface area (Å²) in [6, 6.07) is 17.6. The maximum Gasteiger partial charge on any atom is 0.264 e. The number of hydrogen-bond donors (Lipinski definition) is 1. The number of fused-ring (bicyclic) bond motifs is 1. The van der Waals surface area contributed by atoms with E-state index in [1.165, 1.54) is 23.5 Å². The molecule has 0 bridgehead atoms. The Morgan fingerprint density at radius 2 is 1.79 bits per heavy atom. The van der Waals surface area contributed by atoms with Crippen LogP contribution in [0.1, 0.15) is 44.1 Å². The molecule has 34 heavy (non-hydrogen) atoms. The van der Waals surface area contributed by atoms with Gasteiger partial charge in [-0.1, -0.05) is 30.3 Å². The lowest BCUT2D eigenvalue weighted by Gasteiger charge is -2.32. The number of halogens is 1. The van der Waals surface area contributed by atoms with Gasteiger partial charge in [0.2, 0.25) is 0 Å². The molecular weight excluding hydrogens is 451 g/mol. The van der Waals surface area contributed by atoms with Crippen molar-refractivity contribution in [2.24, 2.45) is 0 Å². The fourth-order valence-electron chi connectivity index (χ4n) is 4.33. The Balaban J connectivity index is 1.24. The number of hydrogen-bond acceptors (Lipinski definition) is 4. The third-order valence-corrected chi connectivity index (χ3v) is 7.35. The summed E-state index contributed by atoms with van der Waals surface area (Å²) >= 11 is 1.44. The van der Waals surface area contributed by atoms with E-state index >= 15 is 0 Å². The number of nitrogens with zero attached hydrogens (tertiary/aromatic N) is 3. The quantitative estimate of drug-likeness (QED) is 0.457. The van der Waals surface area contributed by atoms with Crippen LogP contribution >= 0.6 is 11.3 Å². The molecule has 0 saturated carbocycles. The van der Waals surface area contributed by atoms with Crippen molar-refractivity contribution in [1.82, 2.24) is 20.0 Å². The first-order valence-electron chi connectivity index (χ1n) is 11.3. The summed E-state index contributed by atoms with van der Waals surface area (Å²) in [5.74, 6) is -0.323. The molecule has 2 amide bonds. The third-order valence-electron chi connectivity index (χ3n) is 6.22. The smallest absolute Gasteiger partial charge is 0.264 e. The van der Waals surface area contributed by atoms with E-state index < -0.39 is 0 Å². The SMILES string of the molecule is Cc1nn(Cc2ccc(F)cc2)c2sc(C(=O)N3CCC(NC(=O)c4ccccc4)CC3)cc12. The van der Waals surface area contributed by atoms with Crippen LogP contribution in [0.15, 0.2) is 60.7 Å². The lowest BCUT2D eigenvalue weighted by atomic mass is 10.0. The highest BCUT2D eigenvalue weighted by molar-refractivity contribution is 7.20. The van der Waals surface area contributed by atoms with Gasteiger partial charge < -0.3 is 10.2 Å². The normalized spacial score (nSPS) is 14.5. The van der Waals surface area contributed by atoms with E-state index in [0.29, 0.717) is 30.1 Å². The van der Waals surface area contributed by atoms with Gasteiger partial charge in [0.1, 0.15) is 10.6 Å². The van der Waals surface area contributed by atoms with Crippen LogP contribution in [0.5, 0.6) is 0 Å². The standard InChI is InChI=1S/C26H25FN4O2S/c1-17-22-15-23(34-26(22)31(29-17)16-18-7-9-20(27)10-8-18)25(33)30-13-11-21(12-14-30)28-24(32)19-5-3-2-4-6-19/h2-10,15,21H,11-14,16H2,1H3,(H,28,32). The van der Waals surface area contributed by atoms with Crippen molar-refractivity contribution in [1.29, 1.82) is 0 Å². The van der Waals surface area contributed by atoms with Crippen molar-refractivity contribution in [3.63, 3.8) is 0 Å². The van der Waals surface area contributed by atoms with Gasteiger partial charge in [0.25, 0.3) is 11.8 Å². The number of aromatic nitrogens is 2. The van der Waals surface area contributed by atoms with Crippen LogP contribution in [-0.4, -0.2) is 45.6 Å². The minimum atomic E-state index is -0.266. The summed E-state index contributed by atoms with van der Waals surface area (Å²) < 4.78 is 15.1. The minimum Gasteiger partial charge on any atom is -0.349 e. The van der Waals surface area contributed by atoms with Crippen LogP contribution in [0.2, 0.25) is 0 Å². The Morgan fingerprint density at radius 1 is 1.09 bits per heavy atom. The van der Waals surface area contributed by atoms with Crippen LogP contribution in [0.4, 0.5) is 4.39 Å². The number of nitrogens with one attached hydrogen (secondary N) is 1. The zero-order valence-electron chi connectivity index (χ0n) is 18.8. The molecule has 0 atom stereocenters. The van der Waals surface area contributed by atoms with Gasteiger partial charge in [0, 0.05) is 30.1 Å². The molecule has 0 aliphatic carbocycles. The van der Waals surface area contributed by atoms with Gasteiger partial charge in [0.05, 0.1) is 17.1 Å². The Bertz CT molecular complexity index is 1320. The third kappa shape index (κ3) is 4.59. The van der Waals surface area contributed by atoms with Crippen LogP contribution < -0.4 is 5.32 Å². The van der Waals surface area contributed by atoms with Gasteiger partial charge in [0.15, 0.2) is 0 Å². The predicted molar refractivity (Wildman–Crippen MR) is 131 cm³/mol. The molecule has 2 aromatic carbocycles. The molecule has 1 fully saturated rings. The van der Waals surface area contributed by atoms with Gasteiger partial charge in [-0.05, 0) is 55.7 Å². The van der Waals surface area contributed by atoms with Gasteiger partial charge in [-0.15, -0.1) is 11.3 Å². The summed E-state index contributed by atoms with van der Waals surface area (Å²) in [7, 11) is 0. The van der Waals surface area contributed by atoms with Crippen LogP contribution in [-0.2, 0) is 6.54 Å². The van der Waals surface area contributed by atoms with E-state index in [2.05, 4.69) is 10.4 Å². The van der Waals surface area contributed by atoms with Crippen molar-refractivity contribution >= 4 is 33.4 Å². The molecule has 0 radical (unpaired) electrons. The Kier molecular flexibility index (Phi) is 6.15. The first-order chi connectivity index (χ1) is 16.5. The zero-order chi connectivity index (χ0) is 23.7. The van der Waals surface area contributed by atoms with Crippen molar-refractivity contribution in [2.75, 3.05) is 13.1 Å². The van der Waals surface area contributed by atoms with Crippen LogP contribution in [0, 0.1) is 12.7 Å². The maximum absolute atomic E-state index is 13.2. The molecule has 4 aromatic rings. The number of aryl methyl sites for hydroxylation is 1. The summed E-state index contributed by atoms with van der Waals surface area (Å²) in [5, 5.41) is 8.67. The van der Waals surface area contributed by atoms with Crippen molar-refractivity contribution in [3.8, 4) is 0 Å². The highest BCUT2D eigenvalue weighted by Gasteiger charge is 2.27. The number of carbonyl (C=O) groups is 2. The first-order valence-corrected chi connectivity index (χ1v) is 12.2. The summed E-state index contributed by atoms with van der Waals surface area (Å²) in [6.07, 6.45) is 1.46. The molecule has 8 heteroatoms. The Morgan fingerprint density at radius 3 is 2.50 bits per heavy atom. The summed E-state index contributed by atoms with van der Waals surface area (Å²) in [5.41, 5.74) is 2.47. The van der Waals surface area contributed by atoms with Crippen molar-refractivity contribution in [2.45, 2.75) is 32.4 Å². The molecule has 5 rings (SSSR count). The van der Waals surface area contributed by atoms with Crippen LogP contribution in [0.25, 0.3) is 10.2 Å². The fraction of sp³-hybridized carbons (Fsp3) is 0.269. The van der Waals surface area contributed by atoms with Gasteiger partial charge >= 0.3 is 0 Å². The molecule has 6 nitrogen and oxygen atoms in total. The van der Waals surface area contributed by atoms with E-state index in [-0.39, 0.29) is 23.7 Å². The topological polar surface area (TPSA) is 67.2 Å². The zero-order valence-corrected chi connectivity index (χ0v) is 19.6. The highest BCUT2D eigenvalue weighted by atomic mass is 32.1. The molecule has 1 aliphatic heterocycles. The number of thiophene rings is 1. The van der Waals surface area contributed by atoms with E-state index in [1.807, 2.05) is 40.8 Å². The Labute approximate surface area is 201 Å². The molecule has 3 heterocycles. The number of carbonyl (C=O) groups excluding carboxylic acids is 2. The highest BCUT2D eigenvalue weighted by Crippen LogP contribution is 2.30. The van der Waals surface area contributed by atoms with E-state index in [0.717, 1.165) is 34.3 Å². The summed E-state index contributed by atoms with van der Waals surface area (Å²) in [6.45, 7) is 3.66.